The van der Waals surface area contributed by atoms with Crippen LogP contribution in [-0.4, -0.2) is 18.8 Å². The molecule has 3 nitrogen and oxygen atoms in total. The Hall–Kier alpha value is -1.13. The zero-order valence-corrected chi connectivity index (χ0v) is 7.33. The largest absolute Gasteiger partial charge is 0.494 e. The molecule has 1 aromatic rings. The summed E-state index contributed by atoms with van der Waals surface area (Å²) in [6, 6.07) is 4.16. The number of benzene rings is 1. The van der Waals surface area contributed by atoms with Crippen molar-refractivity contribution in [2.45, 2.75) is 6.10 Å². The van der Waals surface area contributed by atoms with Crippen molar-refractivity contribution in [1.29, 1.82) is 0 Å². The predicted molar refractivity (Wildman–Crippen MR) is 47.0 cm³/mol. The number of nitrogens with two attached hydrogens (primary N) is 1. The van der Waals surface area contributed by atoms with Crippen LogP contribution in [-0.2, 0) is 0 Å². The molecule has 0 radical (unpaired) electrons. The molecule has 0 bridgehead atoms. The third-order valence-electron chi connectivity index (χ3n) is 1.78. The molecular formula is C9H12FNO2. The molecule has 0 spiro atoms. The molecule has 1 atom stereocenters. The molecule has 0 heterocycles. The van der Waals surface area contributed by atoms with Crippen LogP contribution in [0.3, 0.4) is 0 Å². The minimum Gasteiger partial charge on any atom is -0.494 e. The highest BCUT2D eigenvalue weighted by molar-refractivity contribution is 5.31. The summed E-state index contributed by atoms with van der Waals surface area (Å²) in [5, 5.41) is 9.34. The SMILES string of the molecule is COc1cc([C@@H](O)CN)ccc1F. The summed E-state index contributed by atoms with van der Waals surface area (Å²) in [7, 11) is 1.37. The minimum absolute atomic E-state index is 0.106. The number of methoxy groups -OCH3 is 1. The van der Waals surface area contributed by atoms with Crippen molar-refractivity contribution in [3.8, 4) is 5.75 Å². The summed E-state index contributed by atoms with van der Waals surface area (Å²) in [4.78, 5) is 0. The average Bonchev–Trinajstić information content (AvgIpc) is 2.17. The molecule has 0 amide bonds. The molecule has 4 heteroatoms. The van der Waals surface area contributed by atoms with E-state index in [1.54, 1.807) is 0 Å². The number of aliphatic hydroxyl groups is 1. The van der Waals surface area contributed by atoms with Gasteiger partial charge in [0, 0.05) is 6.54 Å². The van der Waals surface area contributed by atoms with Gasteiger partial charge in [-0.05, 0) is 17.7 Å². The Labute approximate surface area is 75.9 Å². The smallest absolute Gasteiger partial charge is 0.165 e. The number of hydrogen-bond acceptors (Lipinski definition) is 3. The molecule has 1 rings (SSSR count). The van der Waals surface area contributed by atoms with Gasteiger partial charge < -0.3 is 15.6 Å². The molecule has 0 saturated heterocycles. The number of halogens is 1. The first-order chi connectivity index (χ1) is 6.19. The van der Waals surface area contributed by atoms with E-state index in [0.717, 1.165) is 0 Å². The van der Waals surface area contributed by atoms with Crippen LogP contribution in [0.5, 0.6) is 5.75 Å². The van der Waals surface area contributed by atoms with Crippen molar-refractivity contribution in [2.75, 3.05) is 13.7 Å². The summed E-state index contributed by atoms with van der Waals surface area (Å²) in [6.07, 6.45) is -0.769. The second-order valence-corrected chi connectivity index (χ2v) is 2.65. The van der Waals surface area contributed by atoms with Crippen molar-refractivity contribution < 1.29 is 14.2 Å². The van der Waals surface area contributed by atoms with Crippen molar-refractivity contribution in [2.24, 2.45) is 5.73 Å². The van der Waals surface area contributed by atoms with Crippen LogP contribution < -0.4 is 10.5 Å². The minimum atomic E-state index is -0.769. The van der Waals surface area contributed by atoms with E-state index in [0.29, 0.717) is 5.56 Å². The van der Waals surface area contributed by atoms with Gasteiger partial charge in [0.05, 0.1) is 13.2 Å². The lowest BCUT2D eigenvalue weighted by Gasteiger charge is -2.09. The Morgan fingerprint density at radius 1 is 1.62 bits per heavy atom. The van der Waals surface area contributed by atoms with Crippen LogP contribution in [0.1, 0.15) is 11.7 Å². The topological polar surface area (TPSA) is 55.5 Å². The first-order valence-corrected chi connectivity index (χ1v) is 3.90. The van der Waals surface area contributed by atoms with Crippen LogP contribution in [0.4, 0.5) is 4.39 Å². The first-order valence-electron chi connectivity index (χ1n) is 3.90. The van der Waals surface area contributed by atoms with Crippen LogP contribution in [0.15, 0.2) is 18.2 Å². The summed E-state index contributed by atoms with van der Waals surface area (Å²) in [5.74, 6) is -0.333. The fourth-order valence-electron chi connectivity index (χ4n) is 1.02. The molecular weight excluding hydrogens is 173 g/mol. The number of rotatable bonds is 3. The molecule has 0 aliphatic heterocycles. The van der Waals surface area contributed by atoms with Crippen molar-refractivity contribution in [3.63, 3.8) is 0 Å². The second kappa shape index (κ2) is 4.20. The van der Waals surface area contributed by atoms with E-state index in [1.165, 1.54) is 25.3 Å². The third kappa shape index (κ3) is 2.17. The number of ether oxygens (including phenoxy) is 1. The molecule has 13 heavy (non-hydrogen) atoms. The highest BCUT2D eigenvalue weighted by atomic mass is 19.1. The van der Waals surface area contributed by atoms with Gasteiger partial charge in [0.2, 0.25) is 0 Å². The van der Waals surface area contributed by atoms with Gasteiger partial charge in [0.15, 0.2) is 11.6 Å². The Balaban J connectivity index is 2.99. The maximum atomic E-state index is 12.9. The Kier molecular flexibility index (Phi) is 3.22. The van der Waals surface area contributed by atoms with E-state index in [9.17, 15) is 9.50 Å². The number of hydrogen-bond donors (Lipinski definition) is 2. The fourth-order valence-corrected chi connectivity index (χ4v) is 1.02. The van der Waals surface area contributed by atoms with E-state index >= 15 is 0 Å². The van der Waals surface area contributed by atoms with Gasteiger partial charge in [-0.2, -0.15) is 0 Å². The van der Waals surface area contributed by atoms with E-state index in [4.69, 9.17) is 10.5 Å². The lowest BCUT2D eigenvalue weighted by atomic mass is 10.1. The third-order valence-corrected chi connectivity index (χ3v) is 1.78. The molecule has 0 saturated carbocycles. The normalized spacial score (nSPS) is 12.6. The van der Waals surface area contributed by atoms with E-state index in [2.05, 4.69) is 0 Å². The highest BCUT2D eigenvalue weighted by Crippen LogP contribution is 2.21. The highest BCUT2D eigenvalue weighted by Gasteiger charge is 2.08. The Morgan fingerprint density at radius 2 is 2.31 bits per heavy atom. The van der Waals surface area contributed by atoms with E-state index in [1.807, 2.05) is 0 Å². The molecule has 72 valence electrons. The van der Waals surface area contributed by atoms with Gasteiger partial charge in [-0.1, -0.05) is 6.07 Å². The van der Waals surface area contributed by atoms with Gasteiger partial charge in [0.1, 0.15) is 0 Å². The van der Waals surface area contributed by atoms with Gasteiger partial charge >= 0.3 is 0 Å². The average molecular weight is 185 g/mol. The van der Waals surface area contributed by atoms with Gasteiger partial charge in [-0.25, -0.2) is 4.39 Å². The summed E-state index contributed by atoms with van der Waals surface area (Å²) in [5.41, 5.74) is 5.81. The van der Waals surface area contributed by atoms with Gasteiger partial charge in [0.25, 0.3) is 0 Å². The quantitative estimate of drug-likeness (QED) is 0.733. The zero-order valence-electron chi connectivity index (χ0n) is 7.33. The second-order valence-electron chi connectivity index (χ2n) is 2.65. The molecule has 0 fully saturated rings. The summed E-state index contributed by atoms with van der Waals surface area (Å²) >= 11 is 0. The molecule has 0 aromatic heterocycles. The van der Waals surface area contributed by atoms with Crippen LogP contribution >= 0.6 is 0 Å². The molecule has 0 aliphatic rings. The van der Waals surface area contributed by atoms with Crippen molar-refractivity contribution >= 4 is 0 Å². The van der Waals surface area contributed by atoms with Crippen LogP contribution in [0, 0.1) is 5.82 Å². The fraction of sp³-hybridized carbons (Fsp3) is 0.333. The van der Waals surface area contributed by atoms with Crippen LogP contribution in [0.25, 0.3) is 0 Å². The molecule has 0 unspecified atom stereocenters. The summed E-state index contributed by atoms with van der Waals surface area (Å²) < 4.78 is 17.7. The van der Waals surface area contributed by atoms with Crippen LogP contribution in [0.2, 0.25) is 0 Å². The molecule has 3 N–H and O–H groups in total. The Bertz CT molecular complexity index is 291. The molecule has 1 aromatic carbocycles. The maximum Gasteiger partial charge on any atom is 0.165 e. The first kappa shape index (κ1) is 9.95. The lowest BCUT2D eigenvalue weighted by molar-refractivity contribution is 0.186. The zero-order chi connectivity index (χ0) is 9.84. The lowest BCUT2D eigenvalue weighted by Crippen LogP contribution is -2.11. The summed E-state index contributed by atoms with van der Waals surface area (Å²) in [6.45, 7) is 0.106. The van der Waals surface area contributed by atoms with Gasteiger partial charge in [-0.15, -0.1) is 0 Å². The standard InChI is InChI=1S/C9H12FNO2/c1-13-9-4-6(8(12)5-11)2-3-7(9)10/h2-4,8,12H,5,11H2,1H3/t8-/m0/s1. The van der Waals surface area contributed by atoms with E-state index < -0.39 is 11.9 Å². The maximum absolute atomic E-state index is 12.9. The molecule has 0 aliphatic carbocycles. The predicted octanol–water partition coefficient (Wildman–Crippen LogP) is 0.826. The van der Waals surface area contributed by atoms with Crippen molar-refractivity contribution in [1.82, 2.24) is 0 Å². The Morgan fingerprint density at radius 3 is 2.85 bits per heavy atom. The van der Waals surface area contributed by atoms with E-state index in [-0.39, 0.29) is 12.3 Å². The monoisotopic (exact) mass is 185 g/mol. The van der Waals surface area contributed by atoms with Gasteiger partial charge in [-0.3, -0.25) is 0 Å². The number of aliphatic hydroxyl groups excluding tert-OH is 1. The van der Waals surface area contributed by atoms with Crippen molar-refractivity contribution in [3.05, 3.63) is 29.6 Å².